The zero-order valence-corrected chi connectivity index (χ0v) is 33.1. The first-order valence-corrected chi connectivity index (χ1v) is 21.5. The Balaban J connectivity index is 3.77. The summed E-state index contributed by atoms with van der Waals surface area (Å²) in [6.45, 7) is 11.9. The second-order valence-electron chi connectivity index (χ2n) is 14.3. The molecule has 0 saturated heterocycles. The summed E-state index contributed by atoms with van der Waals surface area (Å²) in [5.74, 6) is 0.616. The molecule has 0 spiro atoms. The summed E-state index contributed by atoms with van der Waals surface area (Å²) >= 11 is 0. The van der Waals surface area contributed by atoms with E-state index in [0.717, 1.165) is 64.7 Å². The maximum Gasteiger partial charge on any atom is 0.222 e. The van der Waals surface area contributed by atoms with Crippen molar-refractivity contribution in [1.82, 2.24) is 9.80 Å². The smallest absolute Gasteiger partial charge is 0.222 e. The van der Waals surface area contributed by atoms with Gasteiger partial charge in [0.2, 0.25) is 11.8 Å². The van der Waals surface area contributed by atoms with Crippen LogP contribution in [-0.4, -0.2) is 47.8 Å². The van der Waals surface area contributed by atoms with Gasteiger partial charge in [0.15, 0.2) is 0 Å². The lowest BCUT2D eigenvalue weighted by atomic mass is 10.1. The summed E-state index contributed by atoms with van der Waals surface area (Å²) in [5, 5.41) is 0. The summed E-state index contributed by atoms with van der Waals surface area (Å²) in [6.07, 6.45) is 46.2. The number of allylic oxidation sites excluding steroid dienone is 4. The molecule has 0 atom stereocenters. The first kappa shape index (κ1) is 46.4. The molecule has 0 N–H and O–H groups in total. The third-order valence-electron chi connectivity index (χ3n) is 9.88. The molecule has 0 aliphatic heterocycles. The van der Waals surface area contributed by atoms with Crippen LogP contribution in [-0.2, 0) is 9.59 Å². The average Bonchev–Trinajstić information content (AvgIpc) is 3.09. The highest BCUT2D eigenvalue weighted by atomic mass is 16.2. The quantitative estimate of drug-likeness (QED) is 0.0487. The fourth-order valence-corrected chi connectivity index (χ4v) is 6.53. The second kappa shape index (κ2) is 38.2. The van der Waals surface area contributed by atoms with Crippen LogP contribution < -0.4 is 0 Å². The molecule has 0 rings (SSSR count). The second-order valence-corrected chi connectivity index (χ2v) is 14.3. The maximum atomic E-state index is 12.8. The molecule has 282 valence electrons. The van der Waals surface area contributed by atoms with Crippen molar-refractivity contribution in [2.45, 2.75) is 220 Å². The predicted octanol–water partition coefficient (Wildman–Crippen LogP) is 13.5. The van der Waals surface area contributed by atoms with Crippen LogP contribution in [0.1, 0.15) is 220 Å². The number of carbonyl (C=O) groups excluding carboxylic acids is 2. The van der Waals surface area contributed by atoms with E-state index in [-0.39, 0.29) is 0 Å². The Kier molecular flexibility index (Phi) is 37.0. The van der Waals surface area contributed by atoms with Gasteiger partial charge in [-0.2, -0.15) is 0 Å². The van der Waals surface area contributed by atoms with Gasteiger partial charge in [-0.1, -0.05) is 141 Å². The molecule has 0 aromatic rings. The van der Waals surface area contributed by atoms with E-state index in [4.69, 9.17) is 0 Å². The average molecular weight is 673 g/mol. The van der Waals surface area contributed by atoms with E-state index < -0.39 is 0 Å². The molecule has 0 aliphatic carbocycles. The lowest BCUT2D eigenvalue weighted by molar-refractivity contribution is -0.132. The third kappa shape index (κ3) is 31.7. The number of hydrogen-bond donors (Lipinski definition) is 0. The van der Waals surface area contributed by atoms with Crippen LogP contribution >= 0.6 is 0 Å². The predicted molar refractivity (Wildman–Crippen MR) is 213 cm³/mol. The Labute approximate surface area is 301 Å². The van der Waals surface area contributed by atoms with Gasteiger partial charge in [-0.15, -0.1) is 0 Å². The normalized spacial score (nSPS) is 11.7. The van der Waals surface area contributed by atoms with Crippen molar-refractivity contribution in [2.24, 2.45) is 0 Å². The van der Waals surface area contributed by atoms with Crippen LogP contribution in [0, 0.1) is 0 Å². The lowest BCUT2D eigenvalue weighted by Crippen LogP contribution is -2.34. The van der Waals surface area contributed by atoms with E-state index in [1.54, 1.807) is 0 Å². The minimum absolute atomic E-state index is 0.308. The lowest BCUT2D eigenvalue weighted by Gasteiger charge is -2.23. The van der Waals surface area contributed by atoms with Crippen molar-refractivity contribution >= 4 is 11.8 Å². The van der Waals surface area contributed by atoms with Gasteiger partial charge in [0.1, 0.15) is 0 Å². The summed E-state index contributed by atoms with van der Waals surface area (Å²) in [5.41, 5.74) is 0. The van der Waals surface area contributed by atoms with Crippen molar-refractivity contribution in [3.63, 3.8) is 0 Å². The van der Waals surface area contributed by atoms with E-state index in [1.165, 1.54) is 141 Å². The van der Waals surface area contributed by atoms with Gasteiger partial charge < -0.3 is 9.80 Å². The molecule has 4 nitrogen and oxygen atoms in total. The molecular weight excluding hydrogens is 588 g/mol. The van der Waals surface area contributed by atoms with Crippen LogP contribution in [0.4, 0.5) is 0 Å². The van der Waals surface area contributed by atoms with Crippen LogP contribution in [0.5, 0.6) is 0 Å². The Morgan fingerprint density at radius 2 is 0.625 bits per heavy atom. The van der Waals surface area contributed by atoms with Gasteiger partial charge in [0, 0.05) is 39.0 Å². The molecule has 4 heteroatoms. The monoisotopic (exact) mass is 673 g/mol. The van der Waals surface area contributed by atoms with E-state index in [9.17, 15) is 9.59 Å². The summed E-state index contributed by atoms with van der Waals surface area (Å²) in [6, 6.07) is 0. The molecule has 0 unspecified atom stereocenters. The van der Waals surface area contributed by atoms with E-state index in [0.29, 0.717) is 24.7 Å². The van der Waals surface area contributed by atoms with Crippen molar-refractivity contribution in [1.29, 1.82) is 0 Å². The van der Waals surface area contributed by atoms with Gasteiger partial charge in [0.05, 0.1) is 0 Å². The molecule has 0 saturated carbocycles. The minimum atomic E-state index is 0.308. The summed E-state index contributed by atoms with van der Waals surface area (Å²) < 4.78 is 0. The van der Waals surface area contributed by atoms with Crippen LogP contribution in [0.25, 0.3) is 0 Å². The Hall–Kier alpha value is -1.58. The van der Waals surface area contributed by atoms with Gasteiger partial charge in [0.25, 0.3) is 0 Å². The molecule has 48 heavy (non-hydrogen) atoms. The van der Waals surface area contributed by atoms with Crippen LogP contribution in [0.2, 0.25) is 0 Å². The molecule has 0 fully saturated rings. The minimum Gasteiger partial charge on any atom is -0.343 e. The van der Waals surface area contributed by atoms with Gasteiger partial charge in [-0.05, 0) is 90.9 Å². The highest BCUT2D eigenvalue weighted by Gasteiger charge is 2.13. The number of carbonyl (C=O) groups is 2. The van der Waals surface area contributed by atoms with E-state index in [1.807, 2.05) is 9.80 Å². The standard InChI is InChI=1S/C44H84N2O2/c1-5-9-11-13-15-17-19-21-23-25-27-29-31-33-35-39-43(47)45(7-3)41-37-38-42-46(8-4)44(48)40-36-34-32-30-28-26-24-22-20-18-16-14-12-10-6-2/h21-24H,5-20,25-42H2,1-4H3. The molecular formula is C44H84N2O2. The molecule has 0 aromatic carbocycles. The number of rotatable bonds is 37. The first-order valence-electron chi connectivity index (χ1n) is 21.5. The van der Waals surface area contributed by atoms with Crippen molar-refractivity contribution < 1.29 is 9.59 Å². The SMILES string of the molecule is CCCCCCCCC=CCCCCCCCC(=O)N(CC)CCCCN(CC)C(=O)CCCCCCCC=CCCCCCCCC. The van der Waals surface area contributed by atoms with Crippen LogP contribution in [0.3, 0.4) is 0 Å². The Morgan fingerprint density at radius 3 is 0.917 bits per heavy atom. The zero-order valence-electron chi connectivity index (χ0n) is 33.1. The number of hydrogen-bond acceptors (Lipinski definition) is 2. The molecule has 0 heterocycles. The molecule has 0 aromatic heterocycles. The topological polar surface area (TPSA) is 40.6 Å². The largest absolute Gasteiger partial charge is 0.343 e. The molecule has 2 amide bonds. The van der Waals surface area contributed by atoms with Gasteiger partial charge in [-0.3, -0.25) is 9.59 Å². The third-order valence-corrected chi connectivity index (χ3v) is 9.88. The summed E-state index contributed by atoms with van der Waals surface area (Å²) in [4.78, 5) is 29.6. The molecule has 0 radical (unpaired) electrons. The number of amides is 2. The van der Waals surface area contributed by atoms with E-state index >= 15 is 0 Å². The fourth-order valence-electron chi connectivity index (χ4n) is 6.53. The Bertz CT molecular complexity index is 684. The van der Waals surface area contributed by atoms with Gasteiger partial charge >= 0.3 is 0 Å². The number of nitrogens with zero attached hydrogens (tertiary/aromatic N) is 2. The van der Waals surface area contributed by atoms with Crippen molar-refractivity contribution in [3.05, 3.63) is 24.3 Å². The highest BCUT2D eigenvalue weighted by molar-refractivity contribution is 5.76. The van der Waals surface area contributed by atoms with Crippen LogP contribution in [0.15, 0.2) is 24.3 Å². The van der Waals surface area contributed by atoms with E-state index in [2.05, 4.69) is 52.0 Å². The summed E-state index contributed by atoms with van der Waals surface area (Å²) in [7, 11) is 0. The first-order chi connectivity index (χ1) is 23.6. The fraction of sp³-hybridized carbons (Fsp3) is 0.864. The van der Waals surface area contributed by atoms with Crippen molar-refractivity contribution in [3.8, 4) is 0 Å². The number of unbranched alkanes of at least 4 members (excludes halogenated alkanes) is 23. The Morgan fingerprint density at radius 1 is 0.354 bits per heavy atom. The molecule has 0 aliphatic rings. The zero-order chi connectivity index (χ0) is 35.2. The molecule has 0 bridgehead atoms. The highest BCUT2D eigenvalue weighted by Crippen LogP contribution is 2.13. The van der Waals surface area contributed by atoms with Gasteiger partial charge in [-0.25, -0.2) is 0 Å². The maximum absolute atomic E-state index is 12.8. The van der Waals surface area contributed by atoms with Crippen molar-refractivity contribution in [2.75, 3.05) is 26.2 Å².